The average Bonchev–Trinajstić information content (AvgIpc) is 3.39. The molecule has 0 aliphatic rings. The van der Waals surface area contributed by atoms with E-state index in [1.165, 1.54) is 0 Å². The first-order valence-electron chi connectivity index (χ1n) is 21.7. The Hall–Kier alpha value is -5.95. The lowest BCUT2D eigenvalue weighted by atomic mass is 10.0. The van der Waals surface area contributed by atoms with Crippen molar-refractivity contribution < 1.29 is 67.2 Å². The van der Waals surface area contributed by atoms with Gasteiger partial charge in [0.15, 0.2) is 40.3 Å². The van der Waals surface area contributed by atoms with Crippen LogP contribution in [0.1, 0.15) is 27.0 Å². The molecule has 0 unspecified atom stereocenters. The summed E-state index contributed by atoms with van der Waals surface area (Å²) in [5.74, 6) is 4.64. The van der Waals surface area contributed by atoms with Crippen LogP contribution in [-0.2, 0) is 12.3 Å². The Balaban J connectivity index is 0.00000381. The third-order valence-corrected chi connectivity index (χ3v) is 21.1. The van der Waals surface area contributed by atoms with E-state index in [2.05, 4.69) is 97.1 Å². The van der Waals surface area contributed by atoms with Gasteiger partial charge in [0, 0.05) is 11.1 Å². The molecule has 0 spiro atoms. The van der Waals surface area contributed by atoms with E-state index in [1.54, 1.807) is 42.7 Å². The number of para-hydroxylation sites is 6. The Labute approximate surface area is 422 Å². The van der Waals surface area contributed by atoms with Crippen molar-refractivity contribution in [3.63, 3.8) is 0 Å². The Bertz CT molecular complexity index is 2510. The Morgan fingerprint density at radius 3 is 0.691 bits per heavy atom. The number of hydrogen-bond donors (Lipinski definition) is 0. The van der Waals surface area contributed by atoms with Crippen LogP contribution in [-0.4, -0.2) is 48.4 Å². The minimum absolute atomic E-state index is 0. The van der Waals surface area contributed by atoms with Crippen LogP contribution >= 0.6 is 14.5 Å². The summed E-state index contributed by atoms with van der Waals surface area (Å²) in [5, 5.41) is 6.39. The van der Waals surface area contributed by atoms with E-state index in [4.69, 9.17) is 28.4 Å². The van der Waals surface area contributed by atoms with Gasteiger partial charge in [-0.3, -0.25) is 4.79 Å². The molecule has 68 heavy (non-hydrogen) atoms. The smallest absolute Gasteiger partial charge is 0.193 e. The molecule has 11 heteroatoms. The number of halogens is 2. The zero-order valence-electron chi connectivity index (χ0n) is 38.9. The first-order chi connectivity index (χ1) is 32.4. The van der Waals surface area contributed by atoms with Crippen LogP contribution in [0.3, 0.4) is 0 Å². The molecule has 0 aliphatic carbocycles. The predicted molar refractivity (Wildman–Crippen MR) is 273 cm³/mol. The molecule has 0 aliphatic heterocycles. The Morgan fingerprint density at radius 2 is 0.500 bits per heavy atom. The van der Waals surface area contributed by atoms with Crippen molar-refractivity contribution in [1.29, 1.82) is 0 Å². The first-order valence-corrected chi connectivity index (χ1v) is 25.6. The summed E-state index contributed by atoms with van der Waals surface area (Å²) in [6.07, 6.45) is 1.24. The monoisotopic (exact) mass is 1070 g/mol. The molecule has 8 aromatic carbocycles. The highest BCUT2D eigenvalue weighted by Gasteiger charge is 2.53. The Morgan fingerprint density at radius 1 is 0.309 bits per heavy atom. The molecule has 0 fully saturated rings. The summed E-state index contributed by atoms with van der Waals surface area (Å²) in [7, 11) is 5.03. The van der Waals surface area contributed by atoms with Crippen molar-refractivity contribution >= 4 is 52.1 Å². The van der Waals surface area contributed by atoms with Gasteiger partial charge in [0.25, 0.3) is 0 Å². The lowest BCUT2D eigenvalue weighted by molar-refractivity contribution is -0.001000. The zero-order chi connectivity index (χ0) is 46.1. The predicted octanol–water partition coefficient (Wildman–Crippen LogP) is 3.97. The second-order valence-corrected chi connectivity index (χ2v) is 22.5. The van der Waals surface area contributed by atoms with Gasteiger partial charge in [0.1, 0.15) is 46.4 Å². The van der Waals surface area contributed by atoms with Gasteiger partial charge in [0.2, 0.25) is 0 Å². The fraction of sp³-hybridized carbons (Fsp3) is 0.140. The van der Waals surface area contributed by atoms with Crippen molar-refractivity contribution in [1.82, 2.24) is 0 Å². The highest BCUT2D eigenvalue weighted by Crippen LogP contribution is 2.64. The molecule has 0 amide bonds. The normalized spacial score (nSPS) is 11.0. The second-order valence-electron chi connectivity index (χ2n) is 15.7. The maximum Gasteiger partial charge on any atom is 0.193 e. The average molecular weight is 1070 g/mol. The van der Waals surface area contributed by atoms with Gasteiger partial charge in [-0.1, -0.05) is 121 Å². The summed E-state index contributed by atoms with van der Waals surface area (Å²) >= 11 is 0. The van der Waals surface area contributed by atoms with Crippen molar-refractivity contribution in [3.05, 3.63) is 216 Å². The van der Waals surface area contributed by atoms with Crippen LogP contribution in [0.2, 0.25) is 0 Å². The SMILES string of the molecule is COc1ccccc1[P+](Cc1ccc(C(=O)c2ccc(C[P+](c3ccccc3OC)(c3ccccc3OC)c3ccccc3OC)cc2)cc1)(c1ccccc1OC)c1ccccc1OC.[Br-].[Br-]. The second kappa shape index (κ2) is 23.4. The number of rotatable bonds is 18. The molecule has 0 aromatic heterocycles. The van der Waals surface area contributed by atoms with Gasteiger partial charge in [-0.05, 0) is 83.9 Å². The number of benzene rings is 8. The third kappa shape index (κ3) is 9.82. The minimum Gasteiger partial charge on any atom is -1.00 e. The summed E-state index contributed by atoms with van der Waals surface area (Å²) in [6.45, 7) is 0. The number of carbonyl (C=O) groups excluding carboxylic acids is 1. The summed E-state index contributed by atoms with van der Waals surface area (Å²) in [4.78, 5) is 14.4. The maximum atomic E-state index is 14.4. The highest BCUT2D eigenvalue weighted by molar-refractivity contribution is 7.96. The van der Waals surface area contributed by atoms with Gasteiger partial charge in [-0.2, -0.15) is 0 Å². The number of carbonyl (C=O) groups is 1. The summed E-state index contributed by atoms with van der Waals surface area (Å²) < 4.78 is 36.6. The molecule has 0 atom stereocenters. The van der Waals surface area contributed by atoms with Gasteiger partial charge in [-0.15, -0.1) is 0 Å². The fourth-order valence-electron chi connectivity index (χ4n) is 9.20. The largest absolute Gasteiger partial charge is 1.00 e. The van der Waals surface area contributed by atoms with Crippen molar-refractivity contribution in [2.24, 2.45) is 0 Å². The zero-order valence-corrected chi connectivity index (χ0v) is 43.9. The number of ether oxygens (including phenoxy) is 6. The molecule has 8 aromatic rings. The van der Waals surface area contributed by atoms with Crippen LogP contribution in [0.15, 0.2) is 194 Å². The fourth-order valence-corrected chi connectivity index (χ4v) is 18.6. The summed E-state index contributed by atoms with van der Waals surface area (Å²) in [5.41, 5.74) is 3.31. The molecule has 7 nitrogen and oxygen atoms in total. The van der Waals surface area contributed by atoms with Gasteiger partial charge < -0.3 is 62.4 Å². The topological polar surface area (TPSA) is 72.5 Å². The first kappa shape index (κ1) is 51.4. The minimum atomic E-state index is -2.62. The molecule has 0 radical (unpaired) electrons. The highest BCUT2D eigenvalue weighted by atomic mass is 79.9. The quantitative estimate of drug-likeness (QED) is 0.0954. The molecular formula is C57H54Br2O7P2. The van der Waals surface area contributed by atoms with Crippen molar-refractivity contribution in [2.75, 3.05) is 42.7 Å². The lowest BCUT2D eigenvalue weighted by Gasteiger charge is -2.30. The number of methoxy groups -OCH3 is 6. The van der Waals surface area contributed by atoms with E-state index >= 15 is 0 Å². The van der Waals surface area contributed by atoms with Crippen molar-refractivity contribution in [3.8, 4) is 34.5 Å². The van der Waals surface area contributed by atoms with Crippen LogP contribution < -0.4 is 94.2 Å². The van der Waals surface area contributed by atoms with Gasteiger partial charge in [0.05, 0.1) is 55.0 Å². The van der Waals surface area contributed by atoms with E-state index in [-0.39, 0.29) is 39.7 Å². The summed E-state index contributed by atoms with van der Waals surface area (Å²) in [6, 6.07) is 65.4. The molecular weight excluding hydrogens is 1020 g/mol. The lowest BCUT2D eigenvalue weighted by Crippen LogP contribution is -3.00. The maximum absolute atomic E-state index is 14.4. The molecule has 0 heterocycles. The van der Waals surface area contributed by atoms with Crippen LogP contribution in [0.4, 0.5) is 0 Å². The van der Waals surface area contributed by atoms with E-state index in [1.807, 2.05) is 97.1 Å². The molecule has 0 saturated carbocycles. The standard InChI is InChI=1S/C57H54O7P2.2BrH/c1-59-45-19-7-13-25-51(45)65(52-26-14-8-20-46(52)60-2,53-27-15-9-21-47(53)61-3)39-41-31-35-43(36-32-41)57(58)44-37-33-42(34-38-44)40-66(54-28-16-10-22-48(54)62-4,55-29-17-11-23-49(55)63-5)56-30-18-12-24-50(56)64-6;;/h7-38H,39-40H2,1-6H3;2*1H/q+2;;/p-2. The molecule has 0 N–H and O–H groups in total. The molecule has 8 rings (SSSR count). The van der Waals surface area contributed by atoms with Crippen LogP contribution in [0.25, 0.3) is 0 Å². The van der Waals surface area contributed by atoms with Crippen LogP contribution in [0, 0.1) is 0 Å². The van der Waals surface area contributed by atoms with E-state index < -0.39 is 14.5 Å². The van der Waals surface area contributed by atoms with E-state index in [9.17, 15) is 4.79 Å². The van der Waals surface area contributed by atoms with Crippen LogP contribution in [0.5, 0.6) is 34.5 Å². The Kier molecular flexibility index (Phi) is 17.7. The molecule has 0 saturated heterocycles. The van der Waals surface area contributed by atoms with Crippen molar-refractivity contribution in [2.45, 2.75) is 12.3 Å². The third-order valence-electron chi connectivity index (χ3n) is 12.3. The van der Waals surface area contributed by atoms with E-state index in [0.717, 1.165) is 77.5 Å². The molecule has 348 valence electrons. The number of hydrogen-bond acceptors (Lipinski definition) is 7. The molecule has 0 bridgehead atoms. The van der Waals surface area contributed by atoms with Gasteiger partial charge >= 0.3 is 0 Å². The van der Waals surface area contributed by atoms with Gasteiger partial charge in [-0.25, -0.2) is 0 Å². The van der Waals surface area contributed by atoms with E-state index in [0.29, 0.717) is 23.5 Å². The number of ketones is 1.